The molecule has 0 spiro atoms. The Bertz CT molecular complexity index is 1710. The molecule has 0 atom stereocenters. The van der Waals surface area contributed by atoms with E-state index in [1.54, 1.807) is 18.3 Å². The van der Waals surface area contributed by atoms with Crippen molar-refractivity contribution >= 4 is 34.1 Å². The molecule has 3 aromatic carbocycles. The highest BCUT2D eigenvalue weighted by Crippen LogP contribution is 2.31. The average Bonchev–Trinajstić information content (AvgIpc) is 3.33. The quantitative estimate of drug-likeness (QED) is 0.261. The SMILES string of the molecule is Cc1c(C(=O)Nc2cccc3cccnc23)oc2c1/C(=N/NC(=O)c1ccc(-c3ccccc3)cc1)CCC2. The summed E-state index contributed by atoms with van der Waals surface area (Å²) < 4.78 is 6.03. The van der Waals surface area contributed by atoms with E-state index in [1.165, 1.54) is 0 Å². The largest absolute Gasteiger partial charge is 0.455 e. The summed E-state index contributed by atoms with van der Waals surface area (Å²) in [4.78, 5) is 30.5. The first-order chi connectivity index (χ1) is 19.1. The van der Waals surface area contributed by atoms with Crippen LogP contribution < -0.4 is 10.7 Å². The molecule has 0 radical (unpaired) electrons. The van der Waals surface area contributed by atoms with E-state index in [4.69, 9.17) is 4.42 Å². The van der Waals surface area contributed by atoms with Crippen LogP contribution in [0.2, 0.25) is 0 Å². The normalized spacial score (nSPS) is 13.7. The Labute approximate surface area is 225 Å². The van der Waals surface area contributed by atoms with Gasteiger partial charge in [-0.2, -0.15) is 5.10 Å². The van der Waals surface area contributed by atoms with Gasteiger partial charge in [-0.15, -0.1) is 0 Å². The number of carbonyl (C=O) groups excluding carboxylic acids is 2. The fourth-order valence-electron chi connectivity index (χ4n) is 5.01. The van der Waals surface area contributed by atoms with Gasteiger partial charge in [0.05, 0.1) is 16.9 Å². The Kier molecular flexibility index (Phi) is 6.47. The number of nitrogens with zero attached hydrogens (tertiary/aromatic N) is 2. The number of fused-ring (bicyclic) bond motifs is 2. The molecule has 7 nitrogen and oxygen atoms in total. The molecule has 0 saturated heterocycles. The number of amides is 2. The molecule has 7 heteroatoms. The Balaban J connectivity index is 1.21. The zero-order valence-electron chi connectivity index (χ0n) is 21.4. The second kappa shape index (κ2) is 10.4. The fraction of sp³-hybridized carbons (Fsp3) is 0.125. The summed E-state index contributed by atoms with van der Waals surface area (Å²) in [6.07, 6.45) is 3.89. The number of hydrogen-bond acceptors (Lipinski definition) is 5. The lowest BCUT2D eigenvalue weighted by atomic mass is 9.93. The maximum atomic E-state index is 13.2. The molecule has 6 rings (SSSR count). The van der Waals surface area contributed by atoms with Gasteiger partial charge in [-0.05, 0) is 55.2 Å². The van der Waals surface area contributed by atoms with Crippen molar-refractivity contribution in [3.8, 4) is 11.1 Å². The lowest BCUT2D eigenvalue weighted by molar-refractivity contribution is 0.0953. The summed E-state index contributed by atoms with van der Waals surface area (Å²) >= 11 is 0. The number of hydrazone groups is 1. The summed E-state index contributed by atoms with van der Waals surface area (Å²) in [5.41, 5.74) is 8.87. The first kappa shape index (κ1) is 24.3. The molecule has 192 valence electrons. The van der Waals surface area contributed by atoms with Gasteiger partial charge in [-0.3, -0.25) is 14.6 Å². The van der Waals surface area contributed by atoms with Crippen molar-refractivity contribution in [2.45, 2.75) is 26.2 Å². The predicted molar refractivity (Wildman–Crippen MR) is 152 cm³/mol. The summed E-state index contributed by atoms with van der Waals surface area (Å²) in [6, 6.07) is 26.9. The van der Waals surface area contributed by atoms with Crippen LogP contribution >= 0.6 is 0 Å². The van der Waals surface area contributed by atoms with Crippen molar-refractivity contribution < 1.29 is 14.0 Å². The van der Waals surface area contributed by atoms with E-state index in [-0.39, 0.29) is 17.6 Å². The minimum absolute atomic E-state index is 0.241. The summed E-state index contributed by atoms with van der Waals surface area (Å²) in [6.45, 7) is 1.85. The first-order valence-electron chi connectivity index (χ1n) is 12.9. The number of nitrogens with one attached hydrogen (secondary N) is 2. The second-order valence-corrected chi connectivity index (χ2v) is 9.49. The monoisotopic (exact) mass is 514 g/mol. The van der Waals surface area contributed by atoms with E-state index in [9.17, 15) is 9.59 Å². The molecule has 2 aromatic heterocycles. The molecular formula is C32H26N4O3. The molecule has 1 aliphatic rings. The number of benzene rings is 3. The standard InChI is InChI=1S/C32H26N4O3/c1-20-28-25(35-36-31(37)24-17-15-22(16-18-24)21-8-3-2-4-9-21)12-6-14-27(28)39-30(20)32(38)34-26-13-5-10-23-11-7-19-33-29(23)26/h2-5,7-11,13,15-19H,6,12,14H2,1H3,(H,34,38)(H,36,37)/b35-25+. The molecule has 5 aromatic rings. The number of hydrogen-bond donors (Lipinski definition) is 2. The van der Waals surface area contributed by atoms with Gasteiger partial charge in [0.15, 0.2) is 5.76 Å². The van der Waals surface area contributed by atoms with Crippen molar-refractivity contribution in [3.05, 3.63) is 119 Å². The van der Waals surface area contributed by atoms with Gasteiger partial charge < -0.3 is 9.73 Å². The van der Waals surface area contributed by atoms with Crippen molar-refractivity contribution in [1.29, 1.82) is 0 Å². The van der Waals surface area contributed by atoms with Crippen LogP contribution in [-0.4, -0.2) is 22.5 Å². The Morgan fingerprint density at radius 2 is 1.62 bits per heavy atom. The van der Waals surface area contributed by atoms with E-state index in [0.29, 0.717) is 46.6 Å². The number of carbonyl (C=O) groups is 2. The Hall–Kier alpha value is -5.04. The molecule has 1 aliphatic carbocycles. The smallest absolute Gasteiger partial charge is 0.291 e. The van der Waals surface area contributed by atoms with Gasteiger partial charge >= 0.3 is 0 Å². The minimum Gasteiger partial charge on any atom is -0.455 e. The summed E-state index contributed by atoms with van der Waals surface area (Å²) in [7, 11) is 0. The van der Waals surface area contributed by atoms with E-state index in [0.717, 1.165) is 28.5 Å². The van der Waals surface area contributed by atoms with E-state index in [2.05, 4.69) is 20.8 Å². The van der Waals surface area contributed by atoms with Crippen LogP contribution in [0.4, 0.5) is 5.69 Å². The molecule has 0 unspecified atom stereocenters. The maximum Gasteiger partial charge on any atom is 0.291 e. The number of para-hydroxylation sites is 1. The number of furan rings is 1. The lowest BCUT2D eigenvalue weighted by Crippen LogP contribution is -2.22. The Morgan fingerprint density at radius 1 is 0.846 bits per heavy atom. The molecule has 2 heterocycles. The van der Waals surface area contributed by atoms with Crippen LogP contribution in [0.15, 0.2) is 101 Å². The van der Waals surface area contributed by atoms with Crippen LogP contribution in [0.1, 0.15) is 50.6 Å². The molecule has 2 N–H and O–H groups in total. The highest BCUT2D eigenvalue weighted by Gasteiger charge is 2.28. The van der Waals surface area contributed by atoms with Gasteiger partial charge in [0.25, 0.3) is 11.8 Å². The number of pyridine rings is 1. The van der Waals surface area contributed by atoms with Crippen LogP contribution in [0.5, 0.6) is 0 Å². The molecule has 0 fully saturated rings. The van der Waals surface area contributed by atoms with Crippen molar-refractivity contribution in [1.82, 2.24) is 10.4 Å². The maximum absolute atomic E-state index is 13.2. The second-order valence-electron chi connectivity index (χ2n) is 9.49. The minimum atomic E-state index is -0.345. The topological polar surface area (TPSA) is 96.6 Å². The van der Waals surface area contributed by atoms with Crippen LogP contribution in [0.25, 0.3) is 22.0 Å². The molecule has 39 heavy (non-hydrogen) atoms. The lowest BCUT2D eigenvalue weighted by Gasteiger charge is -2.13. The third-order valence-electron chi connectivity index (χ3n) is 6.96. The highest BCUT2D eigenvalue weighted by atomic mass is 16.4. The summed E-state index contributed by atoms with van der Waals surface area (Å²) in [5.74, 6) is 0.310. The Morgan fingerprint density at radius 3 is 2.44 bits per heavy atom. The third-order valence-corrected chi connectivity index (χ3v) is 6.96. The fourth-order valence-corrected chi connectivity index (χ4v) is 5.01. The van der Waals surface area contributed by atoms with Crippen molar-refractivity contribution in [2.24, 2.45) is 5.10 Å². The van der Waals surface area contributed by atoms with Gasteiger partial charge in [-0.25, -0.2) is 5.43 Å². The van der Waals surface area contributed by atoms with Gasteiger partial charge in [0, 0.05) is 34.7 Å². The number of aryl methyl sites for hydroxylation is 1. The highest BCUT2D eigenvalue weighted by molar-refractivity contribution is 6.11. The van der Waals surface area contributed by atoms with Gasteiger partial charge in [0.2, 0.25) is 0 Å². The zero-order chi connectivity index (χ0) is 26.8. The van der Waals surface area contributed by atoms with Crippen molar-refractivity contribution in [2.75, 3.05) is 5.32 Å². The predicted octanol–water partition coefficient (Wildman–Crippen LogP) is 6.53. The van der Waals surface area contributed by atoms with E-state index < -0.39 is 0 Å². The zero-order valence-corrected chi connectivity index (χ0v) is 21.4. The summed E-state index contributed by atoms with van der Waals surface area (Å²) in [5, 5.41) is 8.34. The van der Waals surface area contributed by atoms with Crippen LogP contribution in [0.3, 0.4) is 0 Å². The van der Waals surface area contributed by atoms with Crippen LogP contribution in [0, 0.1) is 6.92 Å². The van der Waals surface area contributed by atoms with Gasteiger partial charge in [0.1, 0.15) is 5.76 Å². The van der Waals surface area contributed by atoms with E-state index >= 15 is 0 Å². The number of aromatic nitrogens is 1. The third kappa shape index (κ3) is 4.82. The van der Waals surface area contributed by atoms with Crippen molar-refractivity contribution in [3.63, 3.8) is 0 Å². The van der Waals surface area contributed by atoms with E-state index in [1.807, 2.05) is 79.7 Å². The molecule has 0 bridgehead atoms. The molecule has 0 aliphatic heterocycles. The average molecular weight is 515 g/mol. The van der Waals surface area contributed by atoms with Gasteiger partial charge in [-0.1, -0.05) is 60.7 Å². The molecule has 0 saturated carbocycles. The molecular weight excluding hydrogens is 488 g/mol. The molecule has 2 amide bonds. The van der Waals surface area contributed by atoms with Crippen LogP contribution in [-0.2, 0) is 6.42 Å². The number of anilines is 1. The first-order valence-corrected chi connectivity index (χ1v) is 12.9. The number of rotatable bonds is 5.